The highest BCUT2D eigenvalue weighted by Crippen LogP contribution is 2.43. The Hall–Kier alpha value is -3.10. The third-order valence-electron chi connectivity index (χ3n) is 7.06. The van der Waals surface area contributed by atoms with E-state index in [4.69, 9.17) is 10.5 Å². The van der Waals surface area contributed by atoms with E-state index in [1.807, 2.05) is 24.3 Å². The fourth-order valence-corrected chi connectivity index (χ4v) is 5.11. The molecule has 9 nitrogen and oxygen atoms in total. The lowest BCUT2D eigenvalue weighted by Gasteiger charge is -2.36. The molecule has 1 spiro atoms. The summed E-state index contributed by atoms with van der Waals surface area (Å²) in [6.07, 6.45) is 1.97. The summed E-state index contributed by atoms with van der Waals surface area (Å²) >= 11 is 0. The first kappa shape index (κ1) is 24.0. The van der Waals surface area contributed by atoms with E-state index in [-0.39, 0.29) is 24.8 Å². The highest BCUT2D eigenvalue weighted by molar-refractivity contribution is 5.97. The molecule has 0 bridgehead atoms. The topological polar surface area (TPSA) is 122 Å². The number of hydrogen-bond donors (Lipinski definition) is 2. The number of primary amides is 1. The lowest BCUT2D eigenvalue weighted by molar-refractivity contribution is -0.142. The van der Waals surface area contributed by atoms with Crippen molar-refractivity contribution in [3.63, 3.8) is 0 Å². The summed E-state index contributed by atoms with van der Waals surface area (Å²) in [5.41, 5.74) is 5.75. The zero-order valence-electron chi connectivity index (χ0n) is 20.3. The van der Waals surface area contributed by atoms with Crippen molar-refractivity contribution in [1.82, 2.24) is 15.1 Å². The minimum Gasteiger partial charge on any atom is -0.444 e. The number of nitrogens with one attached hydrogen (secondary N) is 1. The number of ether oxygens (including phenoxy) is 1. The van der Waals surface area contributed by atoms with Gasteiger partial charge in [0.2, 0.25) is 17.7 Å². The number of fused-ring (bicyclic) bond motifs is 2. The zero-order valence-corrected chi connectivity index (χ0v) is 20.3. The lowest BCUT2D eigenvalue weighted by Crippen LogP contribution is -2.55. The number of carbonyl (C=O) groups is 4. The van der Waals surface area contributed by atoms with Crippen LogP contribution < -0.4 is 11.1 Å². The highest BCUT2D eigenvalue weighted by atomic mass is 16.6. The Morgan fingerprint density at radius 3 is 2.56 bits per heavy atom. The molecule has 34 heavy (non-hydrogen) atoms. The Kier molecular flexibility index (Phi) is 6.08. The number of nitrogens with zero attached hydrogens (tertiary/aromatic N) is 2. The zero-order chi connectivity index (χ0) is 24.8. The molecule has 184 valence electrons. The smallest absolute Gasteiger partial charge is 0.410 e. The SMILES string of the molecule is CN(C(=O)OC(C)(C)C)[C@@H](CC1CC1)C(=O)N1CC2(CC1C(N)=O)C(=O)NCc1ccccc12. The van der Waals surface area contributed by atoms with Crippen molar-refractivity contribution >= 4 is 23.8 Å². The Bertz CT molecular complexity index is 1010. The summed E-state index contributed by atoms with van der Waals surface area (Å²) in [5, 5.41) is 2.91. The van der Waals surface area contributed by atoms with E-state index in [0.29, 0.717) is 18.9 Å². The first-order valence-corrected chi connectivity index (χ1v) is 11.9. The van der Waals surface area contributed by atoms with Crippen LogP contribution in [0.4, 0.5) is 4.79 Å². The van der Waals surface area contributed by atoms with Gasteiger partial charge in [0.05, 0.1) is 5.41 Å². The van der Waals surface area contributed by atoms with Crippen molar-refractivity contribution < 1.29 is 23.9 Å². The number of amides is 4. The largest absolute Gasteiger partial charge is 0.444 e. The van der Waals surface area contributed by atoms with E-state index >= 15 is 0 Å². The molecule has 2 heterocycles. The van der Waals surface area contributed by atoms with E-state index in [1.165, 1.54) is 9.80 Å². The van der Waals surface area contributed by atoms with E-state index in [0.717, 1.165) is 24.0 Å². The van der Waals surface area contributed by atoms with Gasteiger partial charge in [0.1, 0.15) is 17.7 Å². The maximum Gasteiger partial charge on any atom is 0.410 e. The van der Waals surface area contributed by atoms with Crippen LogP contribution in [0.2, 0.25) is 0 Å². The average molecular weight is 471 g/mol. The van der Waals surface area contributed by atoms with Gasteiger partial charge in [0.25, 0.3) is 0 Å². The number of hydrogen-bond acceptors (Lipinski definition) is 5. The van der Waals surface area contributed by atoms with Crippen LogP contribution in [-0.2, 0) is 31.1 Å². The quantitative estimate of drug-likeness (QED) is 0.678. The molecule has 2 fully saturated rings. The van der Waals surface area contributed by atoms with Crippen LogP contribution in [0.3, 0.4) is 0 Å². The molecule has 3 atom stereocenters. The van der Waals surface area contributed by atoms with Crippen LogP contribution >= 0.6 is 0 Å². The first-order valence-electron chi connectivity index (χ1n) is 11.9. The van der Waals surface area contributed by atoms with Crippen LogP contribution in [0.15, 0.2) is 24.3 Å². The van der Waals surface area contributed by atoms with Gasteiger partial charge in [-0.1, -0.05) is 37.1 Å². The van der Waals surface area contributed by atoms with Crippen LogP contribution in [0.25, 0.3) is 0 Å². The van der Waals surface area contributed by atoms with Crippen molar-refractivity contribution in [2.24, 2.45) is 11.7 Å². The predicted octanol–water partition coefficient (Wildman–Crippen LogP) is 1.68. The second kappa shape index (κ2) is 8.60. The lowest BCUT2D eigenvalue weighted by atomic mass is 9.73. The summed E-state index contributed by atoms with van der Waals surface area (Å²) in [6, 6.07) is 5.82. The predicted molar refractivity (Wildman–Crippen MR) is 124 cm³/mol. The first-order chi connectivity index (χ1) is 15.9. The van der Waals surface area contributed by atoms with Crippen molar-refractivity contribution in [1.29, 1.82) is 0 Å². The maximum atomic E-state index is 13.9. The van der Waals surface area contributed by atoms with Gasteiger partial charge in [0.15, 0.2) is 0 Å². The monoisotopic (exact) mass is 470 g/mol. The van der Waals surface area contributed by atoms with Crippen molar-refractivity contribution in [3.05, 3.63) is 35.4 Å². The molecule has 1 aliphatic carbocycles. The van der Waals surface area contributed by atoms with Gasteiger partial charge >= 0.3 is 6.09 Å². The van der Waals surface area contributed by atoms with Gasteiger partial charge in [-0.2, -0.15) is 0 Å². The Labute approximate surface area is 200 Å². The summed E-state index contributed by atoms with van der Waals surface area (Å²) < 4.78 is 5.50. The van der Waals surface area contributed by atoms with Crippen molar-refractivity contribution in [2.45, 2.75) is 76.1 Å². The standard InChI is InChI=1S/C25H34N4O5/c1-24(2,3)34-23(33)28(4)18(11-15-9-10-15)21(31)29-14-25(12-19(29)20(26)30)17-8-6-5-7-16(17)13-27-22(25)32/h5-8,15,18-19H,9-14H2,1-4H3,(H2,26,30)(H,27,32)/t18-,19?,25?/m0/s1. The molecular formula is C25H34N4O5. The van der Waals surface area contributed by atoms with E-state index in [9.17, 15) is 19.2 Å². The summed E-state index contributed by atoms with van der Waals surface area (Å²) in [7, 11) is 1.55. The molecule has 1 aromatic carbocycles. The van der Waals surface area contributed by atoms with E-state index < -0.39 is 35.1 Å². The number of likely N-dealkylation sites (tertiary alicyclic amines) is 1. The van der Waals surface area contributed by atoms with Gasteiger partial charge in [0, 0.05) is 20.1 Å². The van der Waals surface area contributed by atoms with Gasteiger partial charge in [-0.15, -0.1) is 0 Å². The molecule has 1 aromatic rings. The number of rotatable bonds is 5. The van der Waals surface area contributed by atoms with Crippen LogP contribution in [0.5, 0.6) is 0 Å². The Morgan fingerprint density at radius 2 is 1.94 bits per heavy atom. The van der Waals surface area contributed by atoms with E-state index in [2.05, 4.69) is 5.32 Å². The van der Waals surface area contributed by atoms with Crippen molar-refractivity contribution in [2.75, 3.05) is 13.6 Å². The summed E-state index contributed by atoms with van der Waals surface area (Å²) in [5.74, 6) is -0.920. The Morgan fingerprint density at radius 1 is 1.26 bits per heavy atom. The van der Waals surface area contributed by atoms with Crippen molar-refractivity contribution in [3.8, 4) is 0 Å². The minimum absolute atomic E-state index is 0.0333. The van der Waals surface area contributed by atoms with Gasteiger partial charge in [-0.3, -0.25) is 19.3 Å². The molecule has 1 saturated heterocycles. The molecule has 0 radical (unpaired) electrons. The van der Waals surface area contributed by atoms with Crippen LogP contribution in [0, 0.1) is 5.92 Å². The second-order valence-electron chi connectivity index (χ2n) is 10.8. The number of likely N-dealkylation sites (N-methyl/N-ethyl adjacent to an activating group) is 1. The summed E-state index contributed by atoms with van der Waals surface area (Å²) in [4.78, 5) is 55.2. The maximum absolute atomic E-state index is 13.9. The molecular weight excluding hydrogens is 436 g/mol. The fraction of sp³-hybridized carbons (Fsp3) is 0.600. The van der Waals surface area contributed by atoms with E-state index in [1.54, 1.807) is 27.8 Å². The van der Waals surface area contributed by atoms with Gasteiger partial charge < -0.3 is 20.7 Å². The third-order valence-corrected chi connectivity index (χ3v) is 7.06. The third kappa shape index (κ3) is 4.48. The highest BCUT2D eigenvalue weighted by Gasteiger charge is 2.56. The fourth-order valence-electron chi connectivity index (χ4n) is 5.11. The molecule has 2 aliphatic heterocycles. The molecule has 4 amide bonds. The number of carbonyl (C=O) groups excluding carboxylic acids is 4. The molecule has 3 aliphatic rings. The van der Waals surface area contributed by atoms with Gasteiger partial charge in [-0.05, 0) is 50.7 Å². The second-order valence-corrected chi connectivity index (χ2v) is 10.8. The minimum atomic E-state index is -1.06. The summed E-state index contributed by atoms with van der Waals surface area (Å²) in [6.45, 7) is 5.73. The van der Waals surface area contributed by atoms with Gasteiger partial charge in [-0.25, -0.2) is 4.79 Å². The molecule has 4 rings (SSSR count). The molecule has 0 aromatic heterocycles. The number of nitrogens with two attached hydrogens (primary N) is 1. The normalized spacial score (nSPS) is 24.9. The average Bonchev–Trinajstić information content (AvgIpc) is 3.50. The molecule has 2 unspecified atom stereocenters. The van der Waals surface area contributed by atoms with Crippen LogP contribution in [0.1, 0.15) is 57.6 Å². The molecule has 1 saturated carbocycles. The Balaban J connectivity index is 1.67. The molecule has 9 heteroatoms. The van der Waals surface area contributed by atoms with Crippen LogP contribution in [-0.4, -0.2) is 64.9 Å². The molecule has 3 N–H and O–H groups in total. The number of benzene rings is 1.